The van der Waals surface area contributed by atoms with E-state index in [1.165, 1.54) is 5.56 Å². The molecule has 0 spiro atoms. The summed E-state index contributed by atoms with van der Waals surface area (Å²) in [7, 11) is 0. The first-order valence-corrected chi connectivity index (χ1v) is 5.41. The van der Waals surface area contributed by atoms with E-state index in [0.29, 0.717) is 0 Å². The van der Waals surface area contributed by atoms with Crippen molar-refractivity contribution in [2.75, 3.05) is 26.3 Å². The highest BCUT2D eigenvalue weighted by Gasteiger charge is 2.49. The molecule has 2 aliphatic rings. The Morgan fingerprint density at radius 3 is 2.60 bits per heavy atom. The largest absolute Gasteiger partial charge is 0.332 e. The van der Waals surface area contributed by atoms with Crippen molar-refractivity contribution in [3.8, 4) is 0 Å². The number of hydrogen-bond donors (Lipinski definition) is 0. The molecule has 2 saturated heterocycles. The van der Waals surface area contributed by atoms with Gasteiger partial charge in [-0.15, -0.1) is 0 Å². The highest BCUT2D eigenvalue weighted by molar-refractivity contribution is 5.27. The van der Waals surface area contributed by atoms with Gasteiger partial charge in [0.25, 0.3) is 5.91 Å². The fourth-order valence-corrected chi connectivity index (χ4v) is 2.41. The first-order chi connectivity index (χ1) is 7.31. The van der Waals surface area contributed by atoms with Crippen molar-refractivity contribution in [1.29, 1.82) is 0 Å². The monoisotopic (exact) mass is 205 g/mol. The summed E-state index contributed by atoms with van der Waals surface area (Å²) in [5.41, 5.74) is 2.37. The smallest absolute Gasteiger partial charge is 0.258 e. The Hall–Kier alpha value is -0.900. The highest BCUT2D eigenvalue weighted by Crippen LogP contribution is 2.39. The first kappa shape index (κ1) is 9.33. The molecule has 80 valence electrons. The maximum absolute atomic E-state index is 5.81. The van der Waals surface area contributed by atoms with Gasteiger partial charge in [0, 0.05) is 18.7 Å². The second-order valence-corrected chi connectivity index (χ2v) is 4.14. The maximum Gasteiger partial charge on any atom is 0.258 e. The SMILES string of the molecule is Cc1cccc(C23OCCN2CCO3)c1. The lowest BCUT2D eigenvalue weighted by Gasteiger charge is -2.29. The second-order valence-electron chi connectivity index (χ2n) is 4.14. The molecule has 1 aromatic carbocycles. The molecule has 2 fully saturated rings. The van der Waals surface area contributed by atoms with E-state index in [4.69, 9.17) is 9.47 Å². The van der Waals surface area contributed by atoms with Crippen LogP contribution in [0.2, 0.25) is 0 Å². The van der Waals surface area contributed by atoms with Crippen LogP contribution in [0.1, 0.15) is 11.1 Å². The summed E-state index contributed by atoms with van der Waals surface area (Å²) in [5, 5.41) is 0. The van der Waals surface area contributed by atoms with Gasteiger partial charge < -0.3 is 9.47 Å². The van der Waals surface area contributed by atoms with E-state index in [1.807, 2.05) is 0 Å². The lowest BCUT2D eigenvalue weighted by molar-refractivity contribution is -0.241. The quantitative estimate of drug-likeness (QED) is 0.693. The number of hydrogen-bond acceptors (Lipinski definition) is 3. The highest BCUT2D eigenvalue weighted by atomic mass is 16.7. The van der Waals surface area contributed by atoms with Crippen LogP contribution < -0.4 is 0 Å². The third-order valence-corrected chi connectivity index (χ3v) is 3.12. The molecule has 3 heteroatoms. The van der Waals surface area contributed by atoms with E-state index in [-0.39, 0.29) is 0 Å². The molecule has 0 amide bonds. The van der Waals surface area contributed by atoms with Gasteiger partial charge in [-0.1, -0.05) is 23.8 Å². The molecule has 0 unspecified atom stereocenters. The van der Waals surface area contributed by atoms with Crippen LogP contribution in [0.25, 0.3) is 0 Å². The average molecular weight is 205 g/mol. The van der Waals surface area contributed by atoms with E-state index in [2.05, 4.69) is 36.1 Å². The van der Waals surface area contributed by atoms with Crippen LogP contribution in [-0.4, -0.2) is 31.2 Å². The van der Waals surface area contributed by atoms with Crippen LogP contribution in [0.15, 0.2) is 24.3 Å². The average Bonchev–Trinajstić information content (AvgIpc) is 2.75. The van der Waals surface area contributed by atoms with Crippen molar-refractivity contribution in [2.24, 2.45) is 0 Å². The Labute approximate surface area is 89.6 Å². The molecule has 0 radical (unpaired) electrons. The van der Waals surface area contributed by atoms with Crippen molar-refractivity contribution in [2.45, 2.75) is 12.8 Å². The molecule has 3 rings (SSSR count). The third kappa shape index (κ3) is 1.31. The molecule has 0 bridgehead atoms. The van der Waals surface area contributed by atoms with Gasteiger partial charge in [0.05, 0.1) is 13.2 Å². The molecule has 3 nitrogen and oxygen atoms in total. The summed E-state index contributed by atoms with van der Waals surface area (Å²) in [6.45, 7) is 5.54. The van der Waals surface area contributed by atoms with Crippen LogP contribution in [0.5, 0.6) is 0 Å². The normalized spacial score (nSPS) is 24.3. The fraction of sp³-hybridized carbons (Fsp3) is 0.500. The Morgan fingerprint density at radius 2 is 1.93 bits per heavy atom. The standard InChI is InChI=1S/C12H15NO2/c1-10-3-2-4-11(9-10)12-13(5-7-14-12)6-8-15-12/h2-4,9H,5-8H2,1H3. The molecular weight excluding hydrogens is 190 g/mol. The van der Waals surface area contributed by atoms with Gasteiger partial charge >= 0.3 is 0 Å². The summed E-state index contributed by atoms with van der Waals surface area (Å²) >= 11 is 0. The summed E-state index contributed by atoms with van der Waals surface area (Å²) < 4.78 is 11.6. The van der Waals surface area contributed by atoms with Gasteiger partial charge in [-0.2, -0.15) is 0 Å². The van der Waals surface area contributed by atoms with Crippen LogP contribution in [0.4, 0.5) is 0 Å². The number of rotatable bonds is 1. The molecular formula is C12H15NO2. The van der Waals surface area contributed by atoms with Crippen molar-refractivity contribution in [3.05, 3.63) is 35.4 Å². The molecule has 1 aromatic rings. The van der Waals surface area contributed by atoms with Crippen molar-refractivity contribution in [3.63, 3.8) is 0 Å². The van der Waals surface area contributed by atoms with E-state index >= 15 is 0 Å². The zero-order valence-electron chi connectivity index (χ0n) is 8.90. The lowest BCUT2D eigenvalue weighted by atomic mass is 10.1. The topological polar surface area (TPSA) is 21.7 Å². The maximum atomic E-state index is 5.81. The minimum Gasteiger partial charge on any atom is -0.332 e. The summed E-state index contributed by atoms with van der Waals surface area (Å²) in [6.07, 6.45) is 0. The zero-order valence-corrected chi connectivity index (χ0v) is 8.90. The Bertz CT molecular complexity index is 368. The van der Waals surface area contributed by atoms with Gasteiger partial charge in [-0.25, -0.2) is 4.90 Å². The van der Waals surface area contributed by atoms with Crippen LogP contribution in [-0.2, 0) is 15.4 Å². The van der Waals surface area contributed by atoms with Crippen LogP contribution >= 0.6 is 0 Å². The number of benzene rings is 1. The predicted molar refractivity (Wildman–Crippen MR) is 56.3 cm³/mol. The van der Waals surface area contributed by atoms with Gasteiger partial charge in [0.1, 0.15) is 0 Å². The summed E-state index contributed by atoms with van der Waals surface area (Å²) in [5.74, 6) is -0.577. The number of fused-ring (bicyclic) bond motifs is 1. The molecule has 0 saturated carbocycles. The number of nitrogens with zero attached hydrogens (tertiary/aromatic N) is 1. The van der Waals surface area contributed by atoms with E-state index < -0.39 is 5.91 Å². The van der Waals surface area contributed by atoms with E-state index in [9.17, 15) is 0 Å². The number of ether oxygens (including phenoxy) is 2. The fourth-order valence-electron chi connectivity index (χ4n) is 2.41. The molecule has 0 atom stereocenters. The summed E-state index contributed by atoms with van der Waals surface area (Å²) in [6, 6.07) is 8.37. The Morgan fingerprint density at radius 1 is 1.20 bits per heavy atom. The molecule has 2 aliphatic heterocycles. The Balaban J connectivity index is 2.04. The van der Waals surface area contributed by atoms with Crippen LogP contribution in [0.3, 0.4) is 0 Å². The van der Waals surface area contributed by atoms with E-state index in [1.54, 1.807) is 0 Å². The Kier molecular flexibility index (Phi) is 2.06. The third-order valence-electron chi connectivity index (χ3n) is 3.12. The molecule has 2 heterocycles. The second kappa shape index (κ2) is 3.30. The molecule has 15 heavy (non-hydrogen) atoms. The predicted octanol–water partition coefficient (Wildman–Crippen LogP) is 1.47. The van der Waals surface area contributed by atoms with Gasteiger partial charge in [0.15, 0.2) is 0 Å². The van der Waals surface area contributed by atoms with Crippen molar-refractivity contribution in [1.82, 2.24) is 4.90 Å². The van der Waals surface area contributed by atoms with Crippen molar-refractivity contribution < 1.29 is 9.47 Å². The molecule has 0 N–H and O–H groups in total. The number of aryl methyl sites for hydroxylation is 1. The van der Waals surface area contributed by atoms with Gasteiger partial charge in [0.2, 0.25) is 0 Å². The summed E-state index contributed by atoms with van der Waals surface area (Å²) in [4.78, 5) is 2.27. The zero-order chi connectivity index (χ0) is 10.3. The lowest BCUT2D eigenvalue weighted by Crippen LogP contribution is -2.37. The minimum absolute atomic E-state index is 0.577. The van der Waals surface area contributed by atoms with Crippen LogP contribution in [0, 0.1) is 6.92 Å². The van der Waals surface area contributed by atoms with E-state index in [0.717, 1.165) is 31.9 Å². The molecule has 0 aromatic heterocycles. The van der Waals surface area contributed by atoms with Gasteiger partial charge in [-0.3, -0.25) is 0 Å². The van der Waals surface area contributed by atoms with Crippen molar-refractivity contribution >= 4 is 0 Å². The van der Waals surface area contributed by atoms with Gasteiger partial charge in [-0.05, 0) is 13.0 Å². The minimum atomic E-state index is -0.577. The molecule has 0 aliphatic carbocycles. The first-order valence-electron chi connectivity index (χ1n) is 5.41.